The Hall–Kier alpha value is -3.02. The smallest absolute Gasteiger partial charge is 0.258 e. The third kappa shape index (κ3) is 2.27. The fourth-order valence-corrected chi connectivity index (χ4v) is 4.99. The van der Waals surface area contributed by atoms with E-state index in [1.165, 1.54) is 5.56 Å². The lowest BCUT2D eigenvalue weighted by Gasteiger charge is -2.21. The molecule has 1 N–H and O–H groups in total. The molecule has 2 aromatic heterocycles. The van der Waals surface area contributed by atoms with E-state index in [0.717, 1.165) is 29.8 Å². The number of benzene rings is 1. The van der Waals surface area contributed by atoms with Gasteiger partial charge in [-0.25, -0.2) is 0 Å². The lowest BCUT2D eigenvalue weighted by molar-refractivity contribution is 0.0774. The Bertz CT molecular complexity index is 1160. The molecule has 6 nitrogen and oxygen atoms in total. The van der Waals surface area contributed by atoms with E-state index in [1.807, 2.05) is 35.6 Å². The molecule has 1 aromatic carbocycles. The quantitative estimate of drug-likeness (QED) is 0.763. The number of nitrogens with one attached hydrogen (secondary N) is 1. The van der Waals surface area contributed by atoms with Crippen LogP contribution in [0.1, 0.15) is 27.9 Å². The number of likely N-dealkylation sites (tertiary alicyclic amines) is 1. The Morgan fingerprint density at radius 2 is 2.04 bits per heavy atom. The minimum absolute atomic E-state index is 0.0504. The average Bonchev–Trinajstić information content (AvgIpc) is 3.08. The first-order valence-electron chi connectivity index (χ1n) is 9.56. The minimum Gasteiger partial charge on any atom is -0.497 e. The minimum atomic E-state index is -0.209. The van der Waals surface area contributed by atoms with Crippen molar-refractivity contribution in [2.75, 3.05) is 20.2 Å². The first-order chi connectivity index (χ1) is 13.4. The maximum Gasteiger partial charge on any atom is 0.258 e. The lowest BCUT2D eigenvalue weighted by atomic mass is 9.95. The molecule has 3 aromatic rings. The molecular weight excluding hydrogens is 354 g/mol. The number of rotatable bonds is 3. The summed E-state index contributed by atoms with van der Waals surface area (Å²) in [4.78, 5) is 30.4. The van der Waals surface area contributed by atoms with Gasteiger partial charge in [0.05, 0.1) is 23.6 Å². The summed E-state index contributed by atoms with van der Waals surface area (Å²) in [7, 11) is 3.54. The van der Waals surface area contributed by atoms with Gasteiger partial charge in [-0.3, -0.25) is 9.59 Å². The average molecular weight is 377 g/mol. The van der Waals surface area contributed by atoms with Crippen LogP contribution in [0.3, 0.4) is 0 Å². The summed E-state index contributed by atoms with van der Waals surface area (Å²) in [5.74, 6) is 1.27. The fourth-order valence-electron chi connectivity index (χ4n) is 4.99. The van der Waals surface area contributed by atoms with Gasteiger partial charge >= 0.3 is 0 Å². The van der Waals surface area contributed by atoms with Gasteiger partial charge in [-0.2, -0.15) is 0 Å². The highest BCUT2D eigenvalue weighted by Gasteiger charge is 2.61. The zero-order chi connectivity index (χ0) is 19.6. The van der Waals surface area contributed by atoms with Crippen molar-refractivity contribution in [3.05, 3.63) is 63.7 Å². The molecule has 0 spiro atoms. The number of H-pyrrole nitrogens is 1. The van der Waals surface area contributed by atoms with Gasteiger partial charge < -0.3 is 19.2 Å². The van der Waals surface area contributed by atoms with Crippen molar-refractivity contribution >= 4 is 16.8 Å². The number of aromatic nitrogens is 2. The molecule has 28 heavy (non-hydrogen) atoms. The van der Waals surface area contributed by atoms with Gasteiger partial charge in [0.2, 0.25) is 0 Å². The zero-order valence-electron chi connectivity index (χ0n) is 16.3. The SMILES string of the molecule is COc1ccc(C23CC2CN(C(=O)c2cn(C)c4c(C)c[nH]c(=O)c24)C3)cc1. The molecule has 144 valence electrons. The van der Waals surface area contributed by atoms with Crippen LogP contribution in [-0.2, 0) is 12.5 Å². The van der Waals surface area contributed by atoms with Gasteiger partial charge in [-0.1, -0.05) is 12.1 Å². The predicted molar refractivity (Wildman–Crippen MR) is 107 cm³/mol. The van der Waals surface area contributed by atoms with Crippen LogP contribution in [0.15, 0.2) is 41.5 Å². The summed E-state index contributed by atoms with van der Waals surface area (Å²) in [5.41, 5.74) is 3.37. The number of ether oxygens (including phenoxy) is 1. The highest BCUT2D eigenvalue weighted by molar-refractivity contribution is 6.07. The van der Waals surface area contributed by atoms with Crippen LogP contribution >= 0.6 is 0 Å². The number of aromatic amines is 1. The molecule has 6 heteroatoms. The van der Waals surface area contributed by atoms with Crippen LogP contribution in [0.5, 0.6) is 5.75 Å². The van der Waals surface area contributed by atoms with Gasteiger partial charge in [-0.05, 0) is 42.5 Å². The number of hydrogen-bond acceptors (Lipinski definition) is 3. The van der Waals surface area contributed by atoms with E-state index in [4.69, 9.17) is 4.74 Å². The molecule has 2 unspecified atom stereocenters. The molecule has 0 radical (unpaired) electrons. The van der Waals surface area contributed by atoms with E-state index in [1.54, 1.807) is 19.5 Å². The monoisotopic (exact) mass is 377 g/mol. The van der Waals surface area contributed by atoms with E-state index in [9.17, 15) is 9.59 Å². The number of carbonyl (C=O) groups is 1. The second kappa shape index (κ2) is 5.74. The normalized spacial score (nSPS) is 23.1. The standard InChI is InChI=1S/C22H23N3O3/c1-13-9-23-20(26)18-17(11-24(2)19(13)18)21(27)25-10-15-8-22(15,12-25)14-4-6-16(28-3)7-5-14/h4-7,9,11,15H,8,10,12H2,1-3H3,(H,23,26). The topological polar surface area (TPSA) is 67.3 Å². The number of aryl methyl sites for hydroxylation is 2. The molecule has 0 bridgehead atoms. The van der Waals surface area contributed by atoms with Gasteiger partial charge in [0.25, 0.3) is 11.5 Å². The summed E-state index contributed by atoms with van der Waals surface area (Å²) in [6, 6.07) is 8.19. The van der Waals surface area contributed by atoms with Crippen molar-refractivity contribution in [2.24, 2.45) is 13.0 Å². The number of piperidine rings is 1. The Labute approximate surface area is 162 Å². The van der Waals surface area contributed by atoms with Gasteiger partial charge in [0, 0.05) is 37.9 Å². The van der Waals surface area contributed by atoms with Gasteiger partial charge in [0.15, 0.2) is 0 Å². The number of carbonyl (C=O) groups excluding carboxylic acids is 1. The van der Waals surface area contributed by atoms with Crippen LogP contribution in [-0.4, -0.2) is 40.6 Å². The molecular formula is C22H23N3O3. The van der Waals surface area contributed by atoms with Crippen molar-refractivity contribution < 1.29 is 9.53 Å². The molecule has 2 fully saturated rings. The summed E-state index contributed by atoms with van der Waals surface area (Å²) < 4.78 is 7.14. The van der Waals surface area contributed by atoms with Gasteiger partial charge in [0.1, 0.15) is 5.75 Å². The molecule has 1 aliphatic heterocycles. The van der Waals surface area contributed by atoms with Crippen molar-refractivity contribution in [1.82, 2.24) is 14.5 Å². The molecule has 1 saturated carbocycles. The largest absolute Gasteiger partial charge is 0.497 e. The zero-order valence-corrected chi connectivity index (χ0v) is 16.3. The van der Waals surface area contributed by atoms with Crippen molar-refractivity contribution in [3.63, 3.8) is 0 Å². The van der Waals surface area contributed by atoms with Crippen LogP contribution in [0.2, 0.25) is 0 Å². The number of pyridine rings is 1. The van der Waals surface area contributed by atoms with Crippen molar-refractivity contribution in [3.8, 4) is 5.75 Å². The molecule has 3 heterocycles. The Kier molecular flexibility index (Phi) is 3.50. The fraction of sp³-hybridized carbons (Fsp3) is 0.364. The number of hydrogen-bond donors (Lipinski definition) is 1. The number of fused-ring (bicyclic) bond motifs is 2. The van der Waals surface area contributed by atoms with Gasteiger partial charge in [-0.15, -0.1) is 0 Å². The summed E-state index contributed by atoms with van der Waals surface area (Å²) in [5, 5.41) is 0.492. The number of nitrogens with zero attached hydrogens (tertiary/aromatic N) is 2. The number of methoxy groups -OCH3 is 1. The maximum absolute atomic E-state index is 13.3. The molecule has 1 amide bonds. The van der Waals surface area contributed by atoms with Crippen LogP contribution in [0.4, 0.5) is 0 Å². The highest BCUT2D eigenvalue weighted by Crippen LogP contribution is 2.59. The first kappa shape index (κ1) is 17.1. The van der Waals surface area contributed by atoms with Crippen molar-refractivity contribution in [2.45, 2.75) is 18.8 Å². The van der Waals surface area contributed by atoms with E-state index in [2.05, 4.69) is 17.1 Å². The van der Waals surface area contributed by atoms with E-state index in [-0.39, 0.29) is 16.9 Å². The Morgan fingerprint density at radius 3 is 2.75 bits per heavy atom. The maximum atomic E-state index is 13.3. The summed E-state index contributed by atoms with van der Waals surface area (Å²) in [6.07, 6.45) is 4.60. The Morgan fingerprint density at radius 1 is 1.29 bits per heavy atom. The molecule has 5 rings (SSSR count). The predicted octanol–water partition coefficient (Wildman–Crippen LogP) is 2.60. The lowest BCUT2D eigenvalue weighted by Crippen LogP contribution is -2.33. The summed E-state index contributed by atoms with van der Waals surface area (Å²) in [6.45, 7) is 3.38. The Balaban J connectivity index is 1.48. The van der Waals surface area contributed by atoms with E-state index >= 15 is 0 Å². The second-order valence-corrected chi connectivity index (χ2v) is 8.15. The molecule has 2 atom stereocenters. The molecule has 1 saturated heterocycles. The summed E-state index contributed by atoms with van der Waals surface area (Å²) >= 11 is 0. The molecule has 2 aliphatic rings. The van der Waals surface area contributed by atoms with Crippen LogP contribution in [0, 0.1) is 12.8 Å². The third-order valence-electron chi connectivity index (χ3n) is 6.53. The van der Waals surface area contributed by atoms with E-state index in [0.29, 0.717) is 23.4 Å². The van der Waals surface area contributed by atoms with Crippen LogP contribution < -0.4 is 10.3 Å². The number of amides is 1. The second-order valence-electron chi connectivity index (χ2n) is 8.15. The highest BCUT2D eigenvalue weighted by atomic mass is 16.5. The first-order valence-corrected chi connectivity index (χ1v) is 9.56. The van der Waals surface area contributed by atoms with Crippen molar-refractivity contribution in [1.29, 1.82) is 0 Å². The van der Waals surface area contributed by atoms with Crippen LogP contribution in [0.25, 0.3) is 10.9 Å². The van der Waals surface area contributed by atoms with E-state index < -0.39 is 0 Å². The molecule has 1 aliphatic carbocycles. The third-order valence-corrected chi connectivity index (χ3v) is 6.53.